The molecule has 0 atom stereocenters. The molecule has 3 heterocycles. The molecule has 0 aliphatic rings. The van der Waals surface area contributed by atoms with Crippen LogP contribution in [-0.4, -0.2) is 25.1 Å². The summed E-state index contributed by atoms with van der Waals surface area (Å²) in [7, 11) is 0. The first-order chi connectivity index (χ1) is 15.7. The number of rotatable bonds is 6. The van der Waals surface area contributed by atoms with Crippen LogP contribution in [-0.2, 0) is 6.61 Å². The number of benzene rings is 2. The predicted molar refractivity (Wildman–Crippen MR) is 120 cm³/mol. The van der Waals surface area contributed by atoms with Gasteiger partial charge in [0.15, 0.2) is 10.8 Å². The van der Waals surface area contributed by atoms with Gasteiger partial charge >= 0.3 is 0 Å². The Hall–Kier alpha value is -3.82. The number of hydrogen-bond donors (Lipinski definition) is 1. The van der Waals surface area contributed by atoms with E-state index in [1.54, 1.807) is 23.7 Å². The summed E-state index contributed by atoms with van der Waals surface area (Å²) in [5, 5.41) is 11.2. The zero-order chi connectivity index (χ0) is 21.9. The molecule has 0 aliphatic heterocycles. The van der Waals surface area contributed by atoms with Crippen molar-refractivity contribution < 1.29 is 9.15 Å². The Morgan fingerprint density at radius 1 is 1.00 bits per heavy atom. The Morgan fingerprint density at radius 2 is 1.78 bits per heavy atom. The van der Waals surface area contributed by atoms with Crippen LogP contribution in [0.3, 0.4) is 0 Å². The molecule has 2 aromatic carbocycles. The van der Waals surface area contributed by atoms with Crippen LogP contribution in [0.5, 0.6) is 5.75 Å². The van der Waals surface area contributed by atoms with E-state index in [0.717, 1.165) is 5.56 Å². The third-order valence-electron chi connectivity index (χ3n) is 4.55. The van der Waals surface area contributed by atoms with Crippen molar-refractivity contribution in [2.24, 2.45) is 0 Å². The molecule has 0 radical (unpaired) electrons. The number of para-hydroxylation sites is 1. The maximum Gasteiger partial charge on any atom is 0.264 e. The lowest BCUT2D eigenvalue weighted by Crippen LogP contribution is -2.11. The van der Waals surface area contributed by atoms with Crippen molar-refractivity contribution in [1.82, 2.24) is 25.1 Å². The standard InChI is InChI=1S/C22H14ClN5O3S/c23-16-7-3-1-5-13(16)12-30-17-8-4-2-6-14(17)20-27-28-21(31-20)15-11-25-18(26-19(15)29)22-24-9-10-32-22/h1-11H,12H2,(H,25,26,29). The molecule has 0 fully saturated rings. The molecular weight excluding hydrogens is 450 g/mol. The quantitative estimate of drug-likeness (QED) is 0.383. The van der Waals surface area contributed by atoms with Gasteiger partial charge in [-0.15, -0.1) is 21.5 Å². The van der Waals surface area contributed by atoms with Crippen LogP contribution in [0.25, 0.3) is 33.7 Å². The van der Waals surface area contributed by atoms with E-state index >= 15 is 0 Å². The van der Waals surface area contributed by atoms with Gasteiger partial charge < -0.3 is 14.1 Å². The lowest BCUT2D eigenvalue weighted by atomic mass is 10.2. The van der Waals surface area contributed by atoms with Gasteiger partial charge in [-0.1, -0.05) is 41.9 Å². The van der Waals surface area contributed by atoms with Gasteiger partial charge in [0.1, 0.15) is 17.9 Å². The van der Waals surface area contributed by atoms with Crippen molar-refractivity contribution in [1.29, 1.82) is 0 Å². The number of hydrogen-bond acceptors (Lipinski definition) is 8. The minimum Gasteiger partial charge on any atom is -0.488 e. The Balaban J connectivity index is 1.42. The molecule has 5 rings (SSSR count). The summed E-state index contributed by atoms with van der Waals surface area (Å²) in [5.74, 6) is 1.21. The minimum absolute atomic E-state index is 0.0559. The number of nitrogens with zero attached hydrogens (tertiary/aromatic N) is 4. The van der Waals surface area contributed by atoms with Crippen LogP contribution in [0, 0.1) is 0 Å². The van der Waals surface area contributed by atoms with Crippen LogP contribution >= 0.6 is 22.9 Å². The second-order valence-corrected chi connectivity index (χ2v) is 7.90. The summed E-state index contributed by atoms with van der Waals surface area (Å²) < 4.78 is 11.7. The lowest BCUT2D eigenvalue weighted by molar-refractivity contribution is 0.307. The average Bonchev–Trinajstić information content (AvgIpc) is 3.51. The first kappa shape index (κ1) is 20.1. The van der Waals surface area contributed by atoms with Gasteiger partial charge in [-0.25, -0.2) is 9.97 Å². The number of halogens is 1. The molecule has 1 N–H and O–H groups in total. The predicted octanol–water partition coefficient (Wildman–Crippen LogP) is 4.84. The third kappa shape index (κ3) is 4.03. The first-order valence-corrected chi connectivity index (χ1v) is 10.7. The number of nitrogens with one attached hydrogen (secondary N) is 1. The van der Waals surface area contributed by atoms with Crippen LogP contribution in [0.15, 0.2) is 75.5 Å². The summed E-state index contributed by atoms with van der Waals surface area (Å²) in [6.45, 7) is 0.277. The molecule has 3 aromatic heterocycles. The van der Waals surface area contributed by atoms with Crippen molar-refractivity contribution in [3.05, 3.63) is 87.2 Å². The monoisotopic (exact) mass is 463 g/mol. The second kappa shape index (κ2) is 8.74. The van der Waals surface area contributed by atoms with E-state index in [9.17, 15) is 4.79 Å². The molecule has 0 spiro atoms. The summed E-state index contributed by atoms with van der Waals surface area (Å²) in [4.78, 5) is 23.7. The molecule has 0 saturated carbocycles. The van der Waals surface area contributed by atoms with Crippen LogP contribution < -0.4 is 10.3 Å². The zero-order valence-corrected chi connectivity index (χ0v) is 17.9. The van der Waals surface area contributed by atoms with Gasteiger partial charge in [-0.05, 0) is 18.2 Å². The third-order valence-corrected chi connectivity index (χ3v) is 5.70. The highest BCUT2D eigenvalue weighted by Gasteiger charge is 2.18. The molecule has 8 nitrogen and oxygen atoms in total. The van der Waals surface area contributed by atoms with E-state index in [0.29, 0.717) is 27.2 Å². The SMILES string of the molecule is O=c1[nH]c(-c2nccs2)ncc1-c1nnc(-c2ccccc2OCc2ccccc2Cl)o1. The molecule has 0 bridgehead atoms. The van der Waals surface area contributed by atoms with Crippen molar-refractivity contribution in [3.63, 3.8) is 0 Å². The van der Waals surface area contributed by atoms with Gasteiger partial charge in [-0.2, -0.15) is 0 Å². The van der Waals surface area contributed by atoms with Crippen molar-refractivity contribution in [2.45, 2.75) is 6.61 Å². The molecule has 0 aliphatic carbocycles. The summed E-state index contributed by atoms with van der Waals surface area (Å²) in [5.41, 5.74) is 1.22. The molecule has 0 saturated heterocycles. The normalized spacial score (nSPS) is 10.9. The fraction of sp³-hybridized carbons (Fsp3) is 0.0455. The molecular formula is C22H14ClN5O3S. The fourth-order valence-electron chi connectivity index (χ4n) is 2.98. The van der Waals surface area contributed by atoms with E-state index in [4.69, 9.17) is 20.8 Å². The maximum atomic E-state index is 12.6. The molecule has 158 valence electrons. The average molecular weight is 464 g/mol. The van der Waals surface area contributed by atoms with Gasteiger partial charge in [0, 0.05) is 28.4 Å². The number of aromatic nitrogens is 5. The Kier molecular flexibility index (Phi) is 5.49. The summed E-state index contributed by atoms with van der Waals surface area (Å²) in [6, 6.07) is 14.7. The highest BCUT2D eigenvalue weighted by Crippen LogP contribution is 2.31. The smallest absolute Gasteiger partial charge is 0.264 e. The Bertz CT molecular complexity index is 1430. The van der Waals surface area contributed by atoms with Crippen molar-refractivity contribution >= 4 is 22.9 Å². The van der Waals surface area contributed by atoms with Gasteiger partial charge in [0.2, 0.25) is 0 Å². The lowest BCUT2D eigenvalue weighted by Gasteiger charge is -2.10. The highest BCUT2D eigenvalue weighted by atomic mass is 35.5. The molecule has 0 unspecified atom stereocenters. The van der Waals surface area contributed by atoms with E-state index in [1.165, 1.54) is 17.5 Å². The summed E-state index contributed by atoms with van der Waals surface area (Å²) >= 11 is 7.59. The van der Waals surface area contributed by atoms with Gasteiger partial charge in [0.25, 0.3) is 17.3 Å². The Labute approximate surface area is 190 Å². The topological polar surface area (TPSA) is 107 Å². The maximum absolute atomic E-state index is 12.6. The minimum atomic E-state index is -0.399. The summed E-state index contributed by atoms with van der Waals surface area (Å²) in [6.07, 6.45) is 3.04. The van der Waals surface area contributed by atoms with Crippen molar-refractivity contribution in [2.75, 3.05) is 0 Å². The number of aromatic amines is 1. The second-order valence-electron chi connectivity index (χ2n) is 6.60. The van der Waals surface area contributed by atoms with Gasteiger partial charge in [-0.3, -0.25) is 4.79 Å². The molecule has 32 heavy (non-hydrogen) atoms. The highest BCUT2D eigenvalue weighted by molar-refractivity contribution is 7.12. The van der Waals surface area contributed by atoms with Crippen LogP contribution in [0.1, 0.15) is 5.56 Å². The number of thiazole rings is 1. The fourth-order valence-corrected chi connectivity index (χ4v) is 3.76. The number of H-pyrrole nitrogens is 1. The number of ether oxygens (including phenoxy) is 1. The Morgan fingerprint density at radius 3 is 2.56 bits per heavy atom. The van der Waals surface area contributed by atoms with E-state index < -0.39 is 5.56 Å². The molecule has 5 aromatic rings. The largest absolute Gasteiger partial charge is 0.488 e. The first-order valence-electron chi connectivity index (χ1n) is 9.48. The van der Waals surface area contributed by atoms with Gasteiger partial charge in [0.05, 0.1) is 5.56 Å². The zero-order valence-electron chi connectivity index (χ0n) is 16.4. The molecule has 0 amide bonds. The van der Waals surface area contributed by atoms with Crippen LogP contribution in [0.2, 0.25) is 5.02 Å². The molecule has 10 heteroatoms. The van der Waals surface area contributed by atoms with Crippen molar-refractivity contribution in [3.8, 4) is 39.5 Å². The van der Waals surface area contributed by atoms with E-state index in [1.807, 2.05) is 36.4 Å². The van der Waals surface area contributed by atoms with E-state index in [-0.39, 0.29) is 24.0 Å². The van der Waals surface area contributed by atoms with Crippen LogP contribution in [0.4, 0.5) is 0 Å². The van der Waals surface area contributed by atoms with E-state index in [2.05, 4.69) is 25.1 Å².